The predicted octanol–water partition coefficient (Wildman–Crippen LogP) is 2.26. The van der Waals surface area contributed by atoms with Crippen LogP contribution in [0.5, 0.6) is 0 Å². The lowest BCUT2D eigenvalue weighted by Crippen LogP contribution is -2.22. The molecule has 0 atom stereocenters. The number of hydrogen-bond acceptors (Lipinski definition) is 2. The Morgan fingerprint density at radius 1 is 1.38 bits per heavy atom. The minimum Gasteiger partial charge on any atom is -0.478 e. The number of anilines is 1. The van der Waals surface area contributed by atoms with Crippen molar-refractivity contribution in [2.24, 2.45) is 0 Å². The molecule has 2 rings (SSSR count). The topological polar surface area (TPSA) is 40.5 Å². The van der Waals surface area contributed by atoms with E-state index >= 15 is 0 Å². The summed E-state index contributed by atoms with van der Waals surface area (Å²) in [4.78, 5) is 12.1. The first-order chi connectivity index (χ1) is 7.50. The lowest BCUT2D eigenvalue weighted by molar-refractivity contribution is 0.0696. The molecule has 0 aliphatic heterocycles. The van der Waals surface area contributed by atoms with Crippen LogP contribution in [0, 0.1) is 11.6 Å². The van der Waals surface area contributed by atoms with Gasteiger partial charge in [0, 0.05) is 13.1 Å². The first-order valence-electron chi connectivity index (χ1n) is 4.96. The fraction of sp³-hybridized carbons (Fsp3) is 0.364. The summed E-state index contributed by atoms with van der Waals surface area (Å²) < 4.78 is 27.1. The van der Waals surface area contributed by atoms with E-state index in [2.05, 4.69) is 0 Å². The van der Waals surface area contributed by atoms with Crippen LogP contribution in [0.25, 0.3) is 0 Å². The van der Waals surface area contributed by atoms with E-state index in [-0.39, 0.29) is 17.3 Å². The number of halogens is 2. The summed E-state index contributed by atoms with van der Waals surface area (Å²) in [6.45, 7) is 0. The van der Waals surface area contributed by atoms with Crippen molar-refractivity contribution in [3.05, 3.63) is 29.3 Å². The molecule has 1 saturated carbocycles. The van der Waals surface area contributed by atoms with Gasteiger partial charge in [0.15, 0.2) is 0 Å². The van der Waals surface area contributed by atoms with Crippen LogP contribution in [0.15, 0.2) is 12.1 Å². The number of hydrogen-bond donors (Lipinski definition) is 1. The molecule has 1 aromatic carbocycles. The van der Waals surface area contributed by atoms with Crippen molar-refractivity contribution in [1.82, 2.24) is 0 Å². The van der Waals surface area contributed by atoms with Crippen LogP contribution in [-0.4, -0.2) is 24.2 Å². The normalized spacial score (nSPS) is 14.9. The van der Waals surface area contributed by atoms with Gasteiger partial charge in [0.05, 0.1) is 5.56 Å². The molecule has 5 heteroatoms. The molecule has 1 aromatic rings. The number of benzene rings is 1. The maximum absolute atomic E-state index is 13.6. The van der Waals surface area contributed by atoms with Crippen LogP contribution in [0.3, 0.4) is 0 Å². The monoisotopic (exact) mass is 227 g/mol. The van der Waals surface area contributed by atoms with Gasteiger partial charge in [-0.2, -0.15) is 0 Å². The van der Waals surface area contributed by atoms with Crippen LogP contribution < -0.4 is 4.90 Å². The van der Waals surface area contributed by atoms with Gasteiger partial charge in [-0.15, -0.1) is 0 Å². The molecule has 1 aliphatic rings. The Morgan fingerprint density at radius 2 is 1.88 bits per heavy atom. The molecule has 86 valence electrons. The molecule has 16 heavy (non-hydrogen) atoms. The Hall–Kier alpha value is -1.65. The van der Waals surface area contributed by atoms with Gasteiger partial charge in [0.1, 0.15) is 17.3 Å². The Bertz CT molecular complexity index is 421. The molecule has 0 bridgehead atoms. The summed E-state index contributed by atoms with van der Waals surface area (Å²) in [6.07, 6.45) is 1.83. The van der Waals surface area contributed by atoms with E-state index < -0.39 is 17.6 Å². The number of aromatic carboxylic acids is 1. The average molecular weight is 227 g/mol. The Balaban J connectivity index is 2.42. The van der Waals surface area contributed by atoms with Crippen molar-refractivity contribution in [1.29, 1.82) is 0 Å². The minimum atomic E-state index is -1.33. The van der Waals surface area contributed by atoms with Crippen molar-refractivity contribution in [3.63, 3.8) is 0 Å². The third-order valence-electron chi connectivity index (χ3n) is 2.71. The second-order valence-corrected chi connectivity index (χ2v) is 3.94. The van der Waals surface area contributed by atoms with Crippen LogP contribution in [0.1, 0.15) is 23.2 Å². The van der Waals surface area contributed by atoms with Crippen molar-refractivity contribution in [3.8, 4) is 0 Å². The summed E-state index contributed by atoms with van der Waals surface area (Å²) in [5.41, 5.74) is -0.518. The molecule has 0 unspecified atom stereocenters. The van der Waals surface area contributed by atoms with E-state index in [1.165, 1.54) is 4.90 Å². The van der Waals surface area contributed by atoms with Gasteiger partial charge in [-0.05, 0) is 25.0 Å². The lowest BCUT2D eigenvalue weighted by Gasteiger charge is -2.20. The van der Waals surface area contributed by atoms with Crippen molar-refractivity contribution >= 4 is 11.7 Å². The second-order valence-electron chi connectivity index (χ2n) is 3.94. The highest BCUT2D eigenvalue weighted by molar-refractivity contribution is 5.88. The highest BCUT2D eigenvalue weighted by atomic mass is 19.1. The smallest absolute Gasteiger partial charge is 0.335 e. The van der Waals surface area contributed by atoms with Gasteiger partial charge >= 0.3 is 5.97 Å². The van der Waals surface area contributed by atoms with Gasteiger partial charge in [-0.3, -0.25) is 0 Å². The van der Waals surface area contributed by atoms with Crippen molar-refractivity contribution in [2.45, 2.75) is 18.9 Å². The first-order valence-corrected chi connectivity index (χ1v) is 4.96. The Morgan fingerprint density at radius 3 is 2.25 bits per heavy atom. The van der Waals surface area contributed by atoms with E-state index in [4.69, 9.17) is 5.11 Å². The molecule has 0 radical (unpaired) electrons. The van der Waals surface area contributed by atoms with E-state index in [9.17, 15) is 13.6 Å². The van der Waals surface area contributed by atoms with Gasteiger partial charge in [0.2, 0.25) is 0 Å². The van der Waals surface area contributed by atoms with Crippen LogP contribution >= 0.6 is 0 Å². The number of carbonyl (C=O) groups is 1. The molecule has 0 spiro atoms. The SMILES string of the molecule is CN(c1c(F)cc(C(=O)O)cc1F)C1CC1. The molecule has 0 amide bonds. The first kappa shape index (κ1) is 10.9. The van der Waals surface area contributed by atoms with E-state index in [1.807, 2.05) is 0 Å². The minimum absolute atomic E-state index is 0.146. The maximum atomic E-state index is 13.6. The van der Waals surface area contributed by atoms with Crippen LogP contribution in [-0.2, 0) is 0 Å². The quantitative estimate of drug-likeness (QED) is 0.861. The third-order valence-corrected chi connectivity index (χ3v) is 2.71. The number of carboxylic acid groups (broad SMARTS) is 1. The molecule has 1 aliphatic carbocycles. The standard InChI is InChI=1S/C11H11F2NO2/c1-14(7-2-3-7)10-8(12)4-6(11(15)16)5-9(10)13/h4-5,7H,2-3H2,1H3,(H,15,16). The zero-order valence-corrected chi connectivity index (χ0v) is 8.70. The number of nitrogens with zero attached hydrogens (tertiary/aromatic N) is 1. The molecule has 0 heterocycles. The van der Waals surface area contributed by atoms with Gasteiger partial charge < -0.3 is 10.0 Å². The van der Waals surface area contributed by atoms with E-state index in [1.54, 1.807) is 7.05 Å². The zero-order valence-electron chi connectivity index (χ0n) is 8.70. The maximum Gasteiger partial charge on any atom is 0.335 e. The van der Waals surface area contributed by atoms with E-state index in [0.29, 0.717) is 0 Å². The zero-order chi connectivity index (χ0) is 11.9. The summed E-state index contributed by atoms with van der Waals surface area (Å²) >= 11 is 0. The van der Waals surface area contributed by atoms with Crippen molar-refractivity contribution in [2.75, 3.05) is 11.9 Å². The summed E-state index contributed by atoms with van der Waals surface area (Å²) in [7, 11) is 1.61. The predicted molar refractivity (Wildman–Crippen MR) is 54.7 cm³/mol. The molecule has 1 N–H and O–H groups in total. The highest BCUT2D eigenvalue weighted by Gasteiger charge is 2.30. The second kappa shape index (κ2) is 3.73. The lowest BCUT2D eigenvalue weighted by atomic mass is 10.1. The molecular formula is C11H11F2NO2. The summed E-state index contributed by atoms with van der Waals surface area (Å²) in [5, 5.41) is 8.64. The molecule has 3 nitrogen and oxygen atoms in total. The fourth-order valence-corrected chi connectivity index (χ4v) is 1.67. The number of rotatable bonds is 3. The molecular weight excluding hydrogens is 216 g/mol. The molecule has 1 fully saturated rings. The Labute approximate surface area is 91.3 Å². The van der Waals surface area contributed by atoms with Gasteiger partial charge in [-0.1, -0.05) is 0 Å². The Kier molecular flexibility index (Phi) is 2.53. The molecule has 0 saturated heterocycles. The fourth-order valence-electron chi connectivity index (χ4n) is 1.67. The number of carboxylic acids is 1. The van der Waals surface area contributed by atoms with Gasteiger partial charge in [0.25, 0.3) is 0 Å². The van der Waals surface area contributed by atoms with Gasteiger partial charge in [-0.25, -0.2) is 13.6 Å². The van der Waals surface area contributed by atoms with Crippen LogP contribution in [0.4, 0.5) is 14.5 Å². The van der Waals surface area contributed by atoms with Crippen molar-refractivity contribution < 1.29 is 18.7 Å². The average Bonchev–Trinajstić information content (AvgIpc) is 2.98. The highest BCUT2D eigenvalue weighted by Crippen LogP contribution is 2.33. The molecule has 0 aromatic heterocycles. The third kappa shape index (κ3) is 1.85. The van der Waals surface area contributed by atoms with E-state index in [0.717, 1.165) is 25.0 Å². The largest absolute Gasteiger partial charge is 0.478 e. The summed E-state index contributed by atoms with van der Waals surface area (Å²) in [5.74, 6) is -2.99. The summed E-state index contributed by atoms with van der Waals surface area (Å²) in [6, 6.07) is 1.86. The van der Waals surface area contributed by atoms with Crippen LogP contribution in [0.2, 0.25) is 0 Å².